The van der Waals surface area contributed by atoms with Gasteiger partial charge in [-0.05, 0) is 32.6 Å². The number of carbonyl (C=O) groups is 1. The van der Waals surface area contributed by atoms with Crippen molar-refractivity contribution in [3.8, 4) is 0 Å². The van der Waals surface area contributed by atoms with Gasteiger partial charge in [0.2, 0.25) is 0 Å². The van der Waals surface area contributed by atoms with Crippen molar-refractivity contribution < 1.29 is 19.4 Å². The maximum absolute atomic E-state index is 12.3. The standard InChI is InChI=1S/C13H22O4/c1-2-17-11(14)12(6-5-9-16-10-12)13(15)7-3-4-8-13/h15H,2-10H2,1H3. The Hall–Kier alpha value is -0.610. The third kappa shape index (κ3) is 2.08. The van der Waals surface area contributed by atoms with Crippen molar-refractivity contribution in [3.63, 3.8) is 0 Å². The molecule has 0 amide bonds. The van der Waals surface area contributed by atoms with Crippen LogP contribution < -0.4 is 0 Å². The maximum Gasteiger partial charge on any atom is 0.317 e. The van der Waals surface area contributed by atoms with Crippen LogP contribution in [-0.2, 0) is 14.3 Å². The predicted octanol–water partition coefficient (Wildman–Crippen LogP) is 1.65. The summed E-state index contributed by atoms with van der Waals surface area (Å²) in [4.78, 5) is 12.3. The zero-order chi connectivity index (χ0) is 12.4. The Labute approximate surface area is 102 Å². The summed E-state index contributed by atoms with van der Waals surface area (Å²) in [6.45, 7) is 3.14. The van der Waals surface area contributed by atoms with Crippen LogP contribution in [0, 0.1) is 5.41 Å². The molecule has 1 aliphatic heterocycles. The lowest BCUT2D eigenvalue weighted by molar-refractivity contribution is -0.194. The molecule has 4 nitrogen and oxygen atoms in total. The number of hydrogen-bond acceptors (Lipinski definition) is 4. The molecule has 0 aromatic heterocycles. The van der Waals surface area contributed by atoms with Crippen molar-refractivity contribution in [2.45, 2.75) is 51.0 Å². The first-order valence-electron chi connectivity index (χ1n) is 6.62. The van der Waals surface area contributed by atoms with E-state index < -0.39 is 11.0 Å². The van der Waals surface area contributed by atoms with Crippen molar-refractivity contribution in [2.24, 2.45) is 5.41 Å². The van der Waals surface area contributed by atoms with Crippen molar-refractivity contribution in [2.75, 3.05) is 19.8 Å². The van der Waals surface area contributed by atoms with Gasteiger partial charge in [0.15, 0.2) is 0 Å². The third-order valence-corrected chi connectivity index (χ3v) is 4.23. The Balaban J connectivity index is 2.25. The molecular formula is C13H22O4. The first-order valence-corrected chi connectivity index (χ1v) is 6.62. The number of rotatable bonds is 3. The topological polar surface area (TPSA) is 55.8 Å². The highest BCUT2D eigenvalue weighted by molar-refractivity contribution is 5.79. The molecule has 0 radical (unpaired) electrons. The molecule has 17 heavy (non-hydrogen) atoms. The van der Waals surface area contributed by atoms with Crippen molar-refractivity contribution >= 4 is 5.97 Å². The number of esters is 1. The maximum atomic E-state index is 12.3. The summed E-state index contributed by atoms with van der Waals surface area (Å²) in [5.74, 6) is -0.274. The summed E-state index contributed by atoms with van der Waals surface area (Å²) in [5, 5.41) is 10.8. The van der Waals surface area contributed by atoms with Crippen molar-refractivity contribution in [1.82, 2.24) is 0 Å². The smallest absolute Gasteiger partial charge is 0.317 e. The Bertz CT molecular complexity index is 275. The fraction of sp³-hybridized carbons (Fsp3) is 0.923. The molecule has 4 heteroatoms. The second-order valence-electron chi connectivity index (χ2n) is 5.20. The molecule has 1 heterocycles. The van der Waals surface area contributed by atoms with Crippen LogP contribution in [0.3, 0.4) is 0 Å². The van der Waals surface area contributed by atoms with Gasteiger partial charge in [0.1, 0.15) is 5.41 Å². The minimum Gasteiger partial charge on any atom is -0.465 e. The average Bonchev–Trinajstić information content (AvgIpc) is 2.79. The van der Waals surface area contributed by atoms with Crippen LogP contribution in [0.5, 0.6) is 0 Å². The Morgan fingerprint density at radius 3 is 2.53 bits per heavy atom. The third-order valence-electron chi connectivity index (χ3n) is 4.23. The number of aliphatic hydroxyl groups is 1. The first kappa shape index (κ1) is 12.8. The van der Waals surface area contributed by atoms with Gasteiger partial charge < -0.3 is 14.6 Å². The van der Waals surface area contributed by atoms with Gasteiger partial charge >= 0.3 is 5.97 Å². The van der Waals surface area contributed by atoms with E-state index in [4.69, 9.17) is 9.47 Å². The molecule has 2 fully saturated rings. The lowest BCUT2D eigenvalue weighted by Gasteiger charge is -2.45. The fourth-order valence-corrected chi connectivity index (χ4v) is 3.22. The molecule has 1 saturated heterocycles. The number of carbonyl (C=O) groups excluding carboxylic acids is 1. The molecule has 2 aliphatic rings. The Kier molecular flexibility index (Phi) is 3.73. The van der Waals surface area contributed by atoms with Crippen LogP contribution in [0.4, 0.5) is 0 Å². The molecule has 1 saturated carbocycles. The van der Waals surface area contributed by atoms with Crippen LogP contribution in [0.1, 0.15) is 45.4 Å². The van der Waals surface area contributed by atoms with Gasteiger partial charge in [0.25, 0.3) is 0 Å². The fourth-order valence-electron chi connectivity index (χ4n) is 3.22. The van der Waals surface area contributed by atoms with Gasteiger partial charge in [0, 0.05) is 6.61 Å². The quantitative estimate of drug-likeness (QED) is 0.765. The SMILES string of the molecule is CCOC(=O)C1(C2(O)CCCC2)CCCOC1. The summed E-state index contributed by atoms with van der Waals surface area (Å²) in [5.41, 5.74) is -1.74. The lowest BCUT2D eigenvalue weighted by atomic mass is 9.67. The Morgan fingerprint density at radius 1 is 1.29 bits per heavy atom. The van der Waals surface area contributed by atoms with Gasteiger partial charge in [-0.3, -0.25) is 4.79 Å². The molecule has 0 aromatic rings. The Morgan fingerprint density at radius 2 is 2.00 bits per heavy atom. The molecule has 1 unspecified atom stereocenters. The second kappa shape index (κ2) is 4.94. The van der Waals surface area contributed by atoms with E-state index in [1.165, 1.54) is 0 Å². The van der Waals surface area contributed by atoms with Crippen LogP contribution in [-0.4, -0.2) is 36.5 Å². The molecule has 0 bridgehead atoms. The molecular weight excluding hydrogens is 220 g/mol. The summed E-state index contributed by atoms with van der Waals surface area (Å²) in [6, 6.07) is 0. The van der Waals surface area contributed by atoms with E-state index >= 15 is 0 Å². The van der Waals surface area contributed by atoms with E-state index in [1.54, 1.807) is 6.92 Å². The van der Waals surface area contributed by atoms with Gasteiger partial charge in [-0.25, -0.2) is 0 Å². The zero-order valence-corrected chi connectivity index (χ0v) is 10.5. The van der Waals surface area contributed by atoms with Gasteiger partial charge in [0.05, 0.1) is 18.8 Å². The largest absolute Gasteiger partial charge is 0.465 e. The molecule has 1 N–H and O–H groups in total. The lowest BCUT2D eigenvalue weighted by Crippen LogP contribution is -2.56. The minimum absolute atomic E-state index is 0.274. The summed E-state index contributed by atoms with van der Waals surface area (Å²) < 4.78 is 10.7. The number of hydrogen-bond donors (Lipinski definition) is 1. The summed E-state index contributed by atoms with van der Waals surface area (Å²) >= 11 is 0. The van der Waals surface area contributed by atoms with E-state index in [9.17, 15) is 9.90 Å². The summed E-state index contributed by atoms with van der Waals surface area (Å²) in [7, 11) is 0. The van der Waals surface area contributed by atoms with Crippen LogP contribution in [0.2, 0.25) is 0 Å². The van der Waals surface area contributed by atoms with Crippen molar-refractivity contribution in [3.05, 3.63) is 0 Å². The van der Waals surface area contributed by atoms with E-state index in [-0.39, 0.29) is 5.97 Å². The molecule has 98 valence electrons. The first-order chi connectivity index (χ1) is 8.15. The molecule has 2 rings (SSSR count). The number of ether oxygens (including phenoxy) is 2. The molecule has 1 atom stereocenters. The summed E-state index contributed by atoms with van der Waals surface area (Å²) in [6.07, 6.45) is 4.85. The van der Waals surface area contributed by atoms with E-state index in [0.717, 1.165) is 19.3 Å². The molecule has 1 aliphatic carbocycles. The van der Waals surface area contributed by atoms with E-state index in [0.29, 0.717) is 39.1 Å². The molecule has 0 aromatic carbocycles. The molecule has 0 spiro atoms. The minimum atomic E-state index is -0.917. The van der Waals surface area contributed by atoms with Gasteiger partial charge in [-0.1, -0.05) is 12.8 Å². The average molecular weight is 242 g/mol. The normalized spacial score (nSPS) is 32.4. The monoisotopic (exact) mass is 242 g/mol. The van der Waals surface area contributed by atoms with Crippen LogP contribution in [0.25, 0.3) is 0 Å². The highest BCUT2D eigenvalue weighted by atomic mass is 16.5. The zero-order valence-electron chi connectivity index (χ0n) is 10.5. The highest BCUT2D eigenvalue weighted by Gasteiger charge is 2.58. The van der Waals surface area contributed by atoms with E-state index in [1.807, 2.05) is 0 Å². The van der Waals surface area contributed by atoms with Crippen molar-refractivity contribution in [1.29, 1.82) is 0 Å². The predicted molar refractivity (Wildman–Crippen MR) is 62.5 cm³/mol. The van der Waals surface area contributed by atoms with E-state index in [2.05, 4.69) is 0 Å². The van der Waals surface area contributed by atoms with Gasteiger partial charge in [-0.15, -0.1) is 0 Å². The van der Waals surface area contributed by atoms with Crippen LogP contribution in [0.15, 0.2) is 0 Å². The second-order valence-corrected chi connectivity index (χ2v) is 5.20. The van der Waals surface area contributed by atoms with Crippen LogP contribution >= 0.6 is 0 Å². The highest BCUT2D eigenvalue weighted by Crippen LogP contribution is 2.49. The van der Waals surface area contributed by atoms with Gasteiger partial charge in [-0.2, -0.15) is 0 Å².